The molecule has 182 valence electrons. The topological polar surface area (TPSA) is 112 Å². The fourth-order valence-electron chi connectivity index (χ4n) is 3.69. The number of hydrogen-bond acceptors (Lipinski definition) is 8. The molecule has 1 aliphatic rings. The predicted octanol–water partition coefficient (Wildman–Crippen LogP) is 2.91. The highest BCUT2D eigenvalue weighted by atomic mass is 16.7. The summed E-state index contributed by atoms with van der Waals surface area (Å²) >= 11 is 0. The van der Waals surface area contributed by atoms with Gasteiger partial charge < -0.3 is 29.2 Å². The van der Waals surface area contributed by atoms with Gasteiger partial charge in [0.05, 0.1) is 11.1 Å². The number of esters is 2. The molecule has 8 nitrogen and oxygen atoms in total. The van der Waals surface area contributed by atoms with E-state index in [9.17, 15) is 19.8 Å². The Morgan fingerprint density at radius 2 is 1.03 bits per heavy atom. The molecular weight excluding hydrogens is 452 g/mol. The summed E-state index contributed by atoms with van der Waals surface area (Å²) in [5, 5.41) is 21.6. The Balaban J connectivity index is 1.42. The summed E-state index contributed by atoms with van der Waals surface area (Å²) in [5.74, 6) is -1.20. The summed E-state index contributed by atoms with van der Waals surface area (Å²) in [6.07, 6.45) is -5.57. The smallest absolute Gasteiger partial charge is 0.338 e. The van der Waals surface area contributed by atoms with E-state index in [-0.39, 0.29) is 13.2 Å². The van der Waals surface area contributed by atoms with E-state index in [1.54, 1.807) is 84.9 Å². The van der Waals surface area contributed by atoms with Crippen molar-refractivity contribution in [3.05, 3.63) is 108 Å². The molecule has 0 radical (unpaired) electrons. The average Bonchev–Trinajstić information content (AvgIpc) is 3.37. The molecule has 0 amide bonds. The number of ether oxygens (including phenoxy) is 4. The van der Waals surface area contributed by atoms with Gasteiger partial charge in [-0.3, -0.25) is 0 Å². The normalized spacial score (nSPS) is 19.6. The zero-order valence-electron chi connectivity index (χ0n) is 18.8. The Bertz CT molecular complexity index is 1020. The van der Waals surface area contributed by atoms with Crippen LogP contribution in [0.5, 0.6) is 0 Å². The van der Waals surface area contributed by atoms with E-state index in [4.69, 9.17) is 18.9 Å². The number of carbonyl (C=O) groups is 2. The zero-order chi connectivity index (χ0) is 24.6. The molecule has 0 bridgehead atoms. The SMILES string of the molecule is O=C(OC[C@@H](O)[C@@H]1OC(c2ccccc2)O[C@H]1[C@H](O)COC(=O)c1ccccc1)c1ccccc1. The maximum absolute atomic E-state index is 12.3. The standard InChI is InChI=1S/C27H26O8/c28-21(16-32-25(30)18-10-4-1-5-11-18)23-24(35-27(34-23)20-14-8-3-9-15-20)22(29)17-33-26(31)19-12-6-2-7-13-19/h1-15,21-24,27-29H,16-17H2/t21-,22-,23+,24+/m1/s1. The monoisotopic (exact) mass is 478 g/mol. The van der Waals surface area contributed by atoms with Crippen LogP contribution in [0.2, 0.25) is 0 Å². The first-order valence-corrected chi connectivity index (χ1v) is 11.2. The van der Waals surface area contributed by atoms with Crippen molar-refractivity contribution in [1.82, 2.24) is 0 Å². The highest BCUT2D eigenvalue weighted by Crippen LogP contribution is 2.34. The molecule has 2 N–H and O–H groups in total. The van der Waals surface area contributed by atoms with E-state index >= 15 is 0 Å². The Hall–Kier alpha value is -3.56. The summed E-state index contributed by atoms with van der Waals surface area (Å²) in [5.41, 5.74) is 1.37. The second-order valence-corrected chi connectivity index (χ2v) is 8.01. The highest BCUT2D eigenvalue weighted by molar-refractivity contribution is 5.89. The van der Waals surface area contributed by atoms with Gasteiger partial charge in [-0.05, 0) is 24.3 Å². The summed E-state index contributed by atoms with van der Waals surface area (Å²) in [4.78, 5) is 24.5. The lowest BCUT2D eigenvalue weighted by atomic mass is 10.0. The van der Waals surface area contributed by atoms with Gasteiger partial charge in [-0.1, -0.05) is 66.7 Å². The fourth-order valence-corrected chi connectivity index (χ4v) is 3.69. The third-order valence-corrected chi connectivity index (χ3v) is 5.50. The number of carbonyl (C=O) groups excluding carboxylic acids is 2. The van der Waals surface area contributed by atoms with Crippen molar-refractivity contribution in [3.63, 3.8) is 0 Å². The Kier molecular flexibility index (Phi) is 8.23. The molecule has 1 aliphatic heterocycles. The third-order valence-electron chi connectivity index (χ3n) is 5.50. The summed E-state index contributed by atoms with van der Waals surface area (Å²) in [6, 6.07) is 25.8. The maximum Gasteiger partial charge on any atom is 0.338 e. The van der Waals surface area contributed by atoms with Crippen LogP contribution in [0.4, 0.5) is 0 Å². The van der Waals surface area contributed by atoms with Gasteiger partial charge in [-0.15, -0.1) is 0 Å². The molecule has 3 aromatic carbocycles. The molecule has 0 saturated carbocycles. The van der Waals surface area contributed by atoms with Crippen molar-refractivity contribution in [3.8, 4) is 0 Å². The van der Waals surface area contributed by atoms with Gasteiger partial charge in [-0.25, -0.2) is 9.59 Å². The van der Waals surface area contributed by atoms with Gasteiger partial charge >= 0.3 is 11.9 Å². The quantitative estimate of drug-likeness (QED) is 0.452. The second-order valence-electron chi connectivity index (χ2n) is 8.01. The molecule has 0 aromatic heterocycles. The summed E-state index contributed by atoms with van der Waals surface area (Å²) in [7, 11) is 0. The van der Waals surface area contributed by atoms with Crippen molar-refractivity contribution in [2.45, 2.75) is 30.7 Å². The number of aliphatic hydroxyl groups is 2. The van der Waals surface area contributed by atoms with Crippen LogP contribution in [0.25, 0.3) is 0 Å². The largest absolute Gasteiger partial charge is 0.459 e. The van der Waals surface area contributed by atoms with Gasteiger partial charge in [0.1, 0.15) is 37.6 Å². The van der Waals surface area contributed by atoms with Crippen molar-refractivity contribution in [2.24, 2.45) is 0 Å². The molecule has 4 atom stereocenters. The number of aliphatic hydroxyl groups excluding tert-OH is 2. The van der Waals surface area contributed by atoms with Crippen LogP contribution in [-0.4, -0.2) is 59.8 Å². The molecule has 1 saturated heterocycles. The van der Waals surface area contributed by atoms with Crippen LogP contribution >= 0.6 is 0 Å². The van der Waals surface area contributed by atoms with Gasteiger partial charge in [-0.2, -0.15) is 0 Å². The zero-order valence-corrected chi connectivity index (χ0v) is 18.8. The van der Waals surface area contributed by atoms with Crippen LogP contribution < -0.4 is 0 Å². The number of hydrogen-bond donors (Lipinski definition) is 2. The third kappa shape index (κ3) is 6.32. The minimum Gasteiger partial charge on any atom is -0.459 e. The van der Waals surface area contributed by atoms with Gasteiger partial charge in [0, 0.05) is 5.56 Å². The van der Waals surface area contributed by atoms with Crippen molar-refractivity contribution < 1.29 is 38.7 Å². The first kappa shape index (κ1) is 24.6. The minimum absolute atomic E-state index is 0.342. The molecule has 1 fully saturated rings. The molecule has 0 unspecified atom stereocenters. The lowest BCUT2D eigenvalue weighted by Crippen LogP contribution is -2.46. The van der Waals surface area contributed by atoms with E-state index in [2.05, 4.69) is 0 Å². The van der Waals surface area contributed by atoms with Gasteiger partial charge in [0.2, 0.25) is 0 Å². The molecular formula is C27H26O8. The first-order valence-electron chi connectivity index (χ1n) is 11.2. The lowest BCUT2D eigenvalue weighted by molar-refractivity contribution is -0.0966. The number of rotatable bonds is 9. The number of benzene rings is 3. The molecule has 35 heavy (non-hydrogen) atoms. The minimum atomic E-state index is -1.30. The molecule has 3 aromatic rings. The van der Waals surface area contributed by atoms with Crippen LogP contribution in [0.1, 0.15) is 32.6 Å². The maximum atomic E-state index is 12.3. The molecule has 0 spiro atoms. The van der Waals surface area contributed by atoms with Crippen molar-refractivity contribution in [1.29, 1.82) is 0 Å². The molecule has 4 rings (SSSR count). The molecule has 8 heteroatoms. The second kappa shape index (κ2) is 11.7. The predicted molar refractivity (Wildman–Crippen MR) is 124 cm³/mol. The molecule has 0 aliphatic carbocycles. The van der Waals surface area contributed by atoms with E-state index in [0.717, 1.165) is 0 Å². The van der Waals surface area contributed by atoms with Crippen LogP contribution in [0, 0.1) is 0 Å². The first-order chi connectivity index (χ1) is 17.0. The van der Waals surface area contributed by atoms with Gasteiger partial charge in [0.25, 0.3) is 0 Å². The van der Waals surface area contributed by atoms with Crippen LogP contribution in [-0.2, 0) is 18.9 Å². The highest BCUT2D eigenvalue weighted by Gasteiger charge is 2.45. The van der Waals surface area contributed by atoms with Crippen LogP contribution in [0.15, 0.2) is 91.0 Å². The fraction of sp³-hybridized carbons (Fsp3) is 0.259. The van der Waals surface area contributed by atoms with Crippen LogP contribution in [0.3, 0.4) is 0 Å². The summed E-state index contributed by atoms with van der Waals surface area (Å²) < 4.78 is 22.3. The van der Waals surface area contributed by atoms with E-state index < -0.39 is 42.6 Å². The Morgan fingerprint density at radius 1 is 0.657 bits per heavy atom. The van der Waals surface area contributed by atoms with Crippen molar-refractivity contribution in [2.75, 3.05) is 13.2 Å². The van der Waals surface area contributed by atoms with E-state index in [1.807, 2.05) is 6.07 Å². The van der Waals surface area contributed by atoms with Crippen molar-refractivity contribution >= 4 is 11.9 Å². The van der Waals surface area contributed by atoms with E-state index in [1.165, 1.54) is 0 Å². The lowest BCUT2D eigenvalue weighted by Gasteiger charge is -2.25. The summed E-state index contributed by atoms with van der Waals surface area (Å²) in [6.45, 7) is -0.757. The Labute approximate surface area is 202 Å². The Morgan fingerprint density at radius 3 is 1.43 bits per heavy atom. The van der Waals surface area contributed by atoms with Gasteiger partial charge in [0.15, 0.2) is 6.29 Å². The van der Waals surface area contributed by atoms with E-state index in [0.29, 0.717) is 16.7 Å². The molecule has 1 heterocycles. The average molecular weight is 478 g/mol.